The minimum atomic E-state index is -0.661. The van der Waals surface area contributed by atoms with Crippen LogP contribution >= 0.6 is 22.9 Å². The summed E-state index contributed by atoms with van der Waals surface area (Å²) in [5.74, 6) is -1.38. The van der Waals surface area contributed by atoms with Crippen molar-refractivity contribution < 1.29 is 14.0 Å². The Morgan fingerprint density at radius 3 is 2.62 bits per heavy atom. The van der Waals surface area contributed by atoms with Gasteiger partial charge >= 0.3 is 0 Å². The van der Waals surface area contributed by atoms with Gasteiger partial charge in [-0.05, 0) is 44.0 Å². The van der Waals surface area contributed by atoms with Crippen molar-refractivity contribution >= 4 is 39.6 Å². The lowest BCUT2D eigenvalue weighted by molar-refractivity contribution is -0.117. The molecule has 0 fully saturated rings. The van der Waals surface area contributed by atoms with Crippen LogP contribution in [-0.2, 0) is 4.79 Å². The van der Waals surface area contributed by atoms with Gasteiger partial charge < -0.3 is 11.1 Å². The first-order chi connectivity index (χ1) is 11.3. The average Bonchev–Trinajstić information content (AvgIpc) is 2.82. The molecule has 0 spiro atoms. The monoisotopic (exact) mass is 368 g/mol. The highest BCUT2D eigenvalue weighted by Gasteiger charge is 2.24. The van der Waals surface area contributed by atoms with E-state index < -0.39 is 11.9 Å². The summed E-state index contributed by atoms with van der Waals surface area (Å²) in [6.45, 7) is 5.45. The highest BCUT2D eigenvalue weighted by Crippen LogP contribution is 2.34. The molecule has 24 heavy (non-hydrogen) atoms. The Labute approximate surface area is 148 Å². The maximum atomic E-state index is 13.7. The van der Waals surface area contributed by atoms with Gasteiger partial charge in [-0.15, -0.1) is 11.3 Å². The van der Waals surface area contributed by atoms with Crippen molar-refractivity contribution in [3.8, 4) is 0 Å². The van der Waals surface area contributed by atoms with E-state index >= 15 is 0 Å². The fraction of sp³-hybridized carbons (Fsp3) is 0.294. The molecule has 1 amide bonds. The number of nitrogens with two attached hydrogens (primary N) is 1. The number of ketones is 1. The number of hydrogen-bond acceptors (Lipinski definition) is 4. The van der Waals surface area contributed by atoms with Crippen molar-refractivity contribution in [2.24, 2.45) is 5.73 Å². The Balaban J connectivity index is 2.43. The molecule has 2 rings (SSSR count). The number of nitrogens with one attached hydrogen (secondary N) is 1. The molecular weight excluding hydrogens is 351 g/mol. The van der Waals surface area contributed by atoms with Crippen LogP contribution in [0, 0.1) is 19.7 Å². The first-order valence-corrected chi connectivity index (χ1v) is 8.61. The summed E-state index contributed by atoms with van der Waals surface area (Å²) in [7, 11) is 0. The predicted octanol–water partition coefficient (Wildman–Crippen LogP) is 4.06. The normalized spacial score (nSPS) is 12.1. The molecule has 0 saturated heterocycles. The topological polar surface area (TPSA) is 72.2 Å². The number of amides is 1. The molecule has 7 heteroatoms. The van der Waals surface area contributed by atoms with Gasteiger partial charge in [0, 0.05) is 10.4 Å². The van der Waals surface area contributed by atoms with Crippen LogP contribution in [0.15, 0.2) is 18.2 Å². The van der Waals surface area contributed by atoms with Gasteiger partial charge in [-0.3, -0.25) is 9.59 Å². The summed E-state index contributed by atoms with van der Waals surface area (Å²) in [6.07, 6.45) is 0.487. The second-order valence-electron chi connectivity index (χ2n) is 5.45. The lowest BCUT2D eigenvalue weighted by atomic mass is 10.0. The molecule has 1 unspecified atom stereocenters. The number of thiophene rings is 1. The van der Waals surface area contributed by atoms with E-state index in [0.717, 1.165) is 16.5 Å². The first-order valence-electron chi connectivity index (χ1n) is 7.42. The Hall–Kier alpha value is -1.76. The van der Waals surface area contributed by atoms with E-state index in [1.807, 2.05) is 6.92 Å². The molecule has 1 heterocycles. The summed E-state index contributed by atoms with van der Waals surface area (Å²) >= 11 is 6.96. The fourth-order valence-electron chi connectivity index (χ4n) is 2.16. The number of anilines is 1. The second-order valence-corrected chi connectivity index (χ2v) is 7.08. The van der Waals surface area contributed by atoms with Crippen LogP contribution in [-0.4, -0.2) is 17.7 Å². The lowest BCUT2D eigenvalue weighted by Crippen LogP contribution is -2.34. The second kappa shape index (κ2) is 7.42. The molecule has 128 valence electrons. The lowest BCUT2D eigenvalue weighted by Gasteiger charge is -2.11. The maximum absolute atomic E-state index is 13.7. The molecular formula is C17H18ClFN2O2S. The van der Waals surface area contributed by atoms with E-state index in [9.17, 15) is 14.0 Å². The molecule has 3 N–H and O–H groups in total. The Kier molecular flexibility index (Phi) is 5.74. The van der Waals surface area contributed by atoms with Gasteiger partial charge in [0.2, 0.25) is 5.91 Å². The first kappa shape index (κ1) is 18.6. The molecule has 0 radical (unpaired) electrons. The Morgan fingerprint density at radius 1 is 1.38 bits per heavy atom. The van der Waals surface area contributed by atoms with Crippen molar-refractivity contribution in [1.29, 1.82) is 0 Å². The minimum Gasteiger partial charge on any atom is -0.320 e. The number of carbonyl (C=O) groups is 2. The number of halogens is 2. The number of benzene rings is 1. The molecule has 2 aromatic rings. The highest BCUT2D eigenvalue weighted by atomic mass is 35.5. The third-order valence-corrected chi connectivity index (χ3v) is 5.24. The summed E-state index contributed by atoms with van der Waals surface area (Å²) in [5, 5.41) is 3.09. The van der Waals surface area contributed by atoms with Gasteiger partial charge in [-0.1, -0.05) is 18.5 Å². The molecule has 0 aliphatic rings. The zero-order valence-electron chi connectivity index (χ0n) is 13.6. The van der Waals surface area contributed by atoms with E-state index in [-0.39, 0.29) is 22.3 Å². The number of rotatable bonds is 5. The van der Waals surface area contributed by atoms with Crippen LogP contribution in [0.4, 0.5) is 9.39 Å². The van der Waals surface area contributed by atoms with Gasteiger partial charge in [-0.25, -0.2) is 4.39 Å². The van der Waals surface area contributed by atoms with Gasteiger partial charge in [0.05, 0.1) is 16.6 Å². The molecule has 0 saturated carbocycles. The van der Waals surface area contributed by atoms with Crippen LogP contribution < -0.4 is 11.1 Å². The van der Waals surface area contributed by atoms with Crippen molar-refractivity contribution in [3.05, 3.63) is 50.6 Å². The van der Waals surface area contributed by atoms with Gasteiger partial charge in [-0.2, -0.15) is 0 Å². The molecule has 0 aliphatic heterocycles. The molecule has 0 aliphatic carbocycles. The number of hydrogen-bond donors (Lipinski definition) is 2. The summed E-state index contributed by atoms with van der Waals surface area (Å²) < 4.78 is 13.7. The van der Waals surface area contributed by atoms with Crippen molar-refractivity contribution in [2.45, 2.75) is 33.2 Å². The maximum Gasteiger partial charge on any atom is 0.241 e. The van der Waals surface area contributed by atoms with E-state index in [1.165, 1.54) is 23.5 Å². The van der Waals surface area contributed by atoms with Crippen LogP contribution in [0.3, 0.4) is 0 Å². The average molecular weight is 369 g/mol. The zero-order chi connectivity index (χ0) is 18.0. The third kappa shape index (κ3) is 3.66. The minimum absolute atomic E-state index is 0.0489. The quantitative estimate of drug-likeness (QED) is 0.781. The van der Waals surface area contributed by atoms with Crippen LogP contribution in [0.5, 0.6) is 0 Å². The molecule has 1 atom stereocenters. The number of carbonyl (C=O) groups excluding carboxylic acids is 2. The molecule has 1 aromatic carbocycles. The zero-order valence-corrected chi connectivity index (χ0v) is 15.1. The summed E-state index contributed by atoms with van der Waals surface area (Å²) in [4.78, 5) is 25.8. The largest absolute Gasteiger partial charge is 0.320 e. The van der Waals surface area contributed by atoms with Crippen molar-refractivity contribution in [1.82, 2.24) is 0 Å². The smallest absolute Gasteiger partial charge is 0.241 e. The van der Waals surface area contributed by atoms with Crippen LogP contribution in [0.1, 0.15) is 39.7 Å². The summed E-state index contributed by atoms with van der Waals surface area (Å²) in [5.41, 5.74) is 7.01. The molecule has 4 nitrogen and oxygen atoms in total. The molecule has 1 aromatic heterocycles. The van der Waals surface area contributed by atoms with E-state index in [2.05, 4.69) is 5.32 Å². The van der Waals surface area contributed by atoms with E-state index in [0.29, 0.717) is 17.0 Å². The highest BCUT2D eigenvalue weighted by molar-refractivity contribution is 7.16. The van der Waals surface area contributed by atoms with Crippen molar-refractivity contribution in [2.75, 3.05) is 5.32 Å². The van der Waals surface area contributed by atoms with E-state index in [1.54, 1.807) is 13.8 Å². The fourth-order valence-corrected chi connectivity index (χ4v) is 3.34. The molecule has 0 bridgehead atoms. The Morgan fingerprint density at radius 2 is 2.04 bits per heavy atom. The summed E-state index contributed by atoms with van der Waals surface area (Å²) in [6, 6.07) is 3.25. The van der Waals surface area contributed by atoms with Crippen LogP contribution in [0.25, 0.3) is 0 Å². The Bertz CT molecular complexity index is 804. The van der Waals surface area contributed by atoms with Gasteiger partial charge in [0.25, 0.3) is 0 Å². The van der Waals surface area contributed by atoms with Gasteiger partial charge in [0.15, 0.2) is 5.78 Å². The number of aryl methyl sites for hydroxylation is 1. The SMILES string of the molecule is CCC(N)C(=O)Nc1sc(C)c(C)c1C(=O)c1ccc(Cl)c(F)c1. The predicted molar refractivity (Wildman–Crippen MR) is 95.5 cm³/mol. The van der Waals surface area contributed by atoms with E-state index in [4.69, 9.17) is 17.3 Å². The third-order valence-electron chi connectivity index (χ3n) is 3.81. The standard InChI is InChI=1S/C17H18ClFN2O2S/c1-4-13(20)16(23)21-17-14(8(2)9(3)24-17)15(22)10-5-6-11(18)12(19)7-10/h5-7,13H,4,20H2,1-3H3,(H,21,23). The van der Waals surface area contributed by atoms with Crippen molar-refractivity contribution in [3.63, 3.8) is 0 Å². The van der Waals surface area contributed by atoms with Crippen LogP contribution in [0.2, 0.25) is 5.02 Å². The van der Waals surface area contributed by atoms with Gasteiger partial charge in [0.1, 0.15) is 10.8 Å².